The first-order valence-electron chi connectivity index (χ1n) is 5.36. The predicted molar refractivity (Wildman–Crippen MR) is 73.7 cm³/mol. The van der Waals surface area contributed by atoms with Gasteiger partial charge in [-0.2, -0.15) is 0 Å². The maximum atomic E-state index is 5.71. The molecule has 5 heteroatoms. The molecular formula is C13H13BrN2O2. The molecule has 1 heterocycles. The van der Waals surface area contributed by atoms with Crippen molar-refractivity contribution >= 4 is 21.6 Å². The highest BCUT2D eigenvalue weighted by Crippen LogP contribution is 2.29. The number of halogens is 1. The van der Waals surface area contributed by atoms with E-state index in [-0.39, 0.29) is 0 Å². The average molecular weight is 309 g/mol. The highest BCUT2D eigenvalue weighted by molar-refractivity contribution is 9.10. The van der Waals surface area contributed by atoms with Crippen LogP contribution < -0.4 is 15.2 Å². The number of nitrogen functional groups attached to an aromatic ring is 1. The van der Waals surface area contributed by atoms with E-state index in [1.807, 2.05) is 12.1 Å². The molecule has 2 N–H and O–H groups in total. The number of aromatic nitrogens is 1. The fourth-order valence-electron chi connectivity index (χ4n) is 1.45. The Bertz CT molecular complexity index is 529. The van der Waals surface area contributed by atoms with E-state index in [0.717, 1.165) is 10.2 Å². The molecule has 1 aromatic carbocycles. The van der Waals surface area contributed by atoms with Crippen LogP contribution in [0.4, 0.5) is 5.69 Å². The summed E-state index contributed by atoms with van der Waals surface area (Å²) >= 11 is 3.33. The number of methoxy groups -OCH3 is 1. The van der Waals surface area contributed by atoms with Crippen molar-refractivity contribution in [3.63, 3.8) is 0 Å². The second kappa shape index (κ2) is 5.73. The maximum Gasteiger partial charge on any atom is 0.163 e. The Morgan fingerprint density at radius 3 is 2.72 bits per heavy atom. The van der Waals surface area contributed by atoms with Crippen LogP contribution in [0, 0.1) is 0 Å². The summed E-state index contributed by atoms with van der Waals surface area (Å²) in [6.45, 7) is 0.368. The molecule has 0 aliphatic carbocycles. The highest BCUT2D eigenvalue weighted by Gasteiger charge is 2.05. The van der Waals surface area contributed by atoms with Crippen LogP contribution in [0.1, 0.15) is 5.69 Å². The largest absolute Gasteiger partial charge is 0.493 e. The van der Waals surface area contributed by atoms with Crippen LogP contribution in [0.3, 0.4) is 0 Å². The van der Waals surface area contributed by atoms with Crippen molar-refractivity contribution in [2.24, 2.45) is 0 Å². The third-order valence-corrected chi connectivity index (χ3v) is 2.82. The Morgan fingerprint density at radius 1 is 1.22 bits per heavy atom. The van der Waals surface area contributed by atoms with Crippen LogP contribution in [-0.2, 0) is 6.61 Å². The van der Waals surface area contributed by atoms with E-state index >= 15 is 0 Å². The van der Waals surface area contributed by atoms with Gasteiger partial charge in [0.15, 0.2) is 11.5 Å². The summed E-state index contributed by atoms with van der Waals surface area (Å²) in [7, 11) is 1.59. The second-order valence-electron chi connectivity index (χ2n) is 3.67. The minimum Gasteiger partial charge on any atom is -0.493 e. The molecule has 2 rings (SSSR count). The summed E-state index contributed by atoms with van der Waals surface area (Å²) in [6.07, 6.45) is 1.73. The van der Waals surface area contributed by atoms with Crippen molar-refractivity contribution in [1.82, 2.24) is 4.98 Å². The molecule has 0 fully saturated rings. The van der Waals surface area contributed by atoms with E-state index in [2.05, 4.69) is 20.9 Å². The fourth-order valence-corrected chi connectivity index (χ4v) is 1.68. The zero-order valence-corrected chi connectivity index (χ0v) is 11.5. The van der Waals surface area contributed by atoms with Gasteiger partial charge in [0, 0.05) is 22.4 Å². The molecule has 0 radical (unpaired) electrons. The SMILES string of the molecule is COc1ccc(N)cc1OCc1ccc(Br)cn1. The minimum absolute atomic E-state index is 0.368. The zero-order chi connectivity index (χ0) is 13.0. The van der Waals surface area contributed by atoms with E-state index in [0.29, 0.717) is 23.8 Å². The van der Waals surface area contributed by atoms with Crippen LogP contribution in [0.25, 0.3) is 0 Å². The Hall–Kier alpha value is -1.75. The maximum absolute atomic E-state index is 5.71. The lowest BCUT2D eigenvalue weighted by atomic mass is 10.3. The number of benzene rings is 1. The molecule has 0 amide bonds. The van der Waals surface area contributed by atoms with Crippen molar-refractivity contribution in [3.8, 4) is 11.5 Å². The third kappa shape index (κ3) is 3.13. The molecule has 18 heavy (non-hydrogen) atoms. The third-order valence-electron chi connectivity index (χ3n) is 2.35. The topological polar surface area (TPSA) is 57.4 Å². The summed E-state index contributed by atoms with van der Waals surface area (Å²) in [6, 6.07) is 9.09. The van der Waals surface area contributed by atoms with E-state index in [1.165, 1.54) is 0 Å². The Labute approximate surface area is 114 Å². The van der Waals surface area contributed by atoms with Gasteiger partial charge >= 0.3 is 0 Å². The van der Waals surface area contributed by atoms with Gasteiger partial charge in [-0.15, -0.1) is 0 Å². The number of ether oxygens (including phenoxy) is 2. The standard InChI is InChI=1S/C13H13BrN2O2/c1-17-12-5-3-10(15)6-13(12)18-8-11-4-2-9(14)7-16-11/h2-7H,8,15H2,1H3. The number of nitrogens with two attached hydrogens (primary N) is 1. The molecule has 0 spiro atoms. The number of rotatable bonds is 4. The van der Waals surface area contributed by atoms with Gasteiger partial charge in [0.05, 0.1) is 12.8 Å². The number of hydrogen-bond donors (Lipinski definition) is 1. The van der Waals surface area contributed by atoms with E-state index in [4.69, 9.17) is 15.2 Å². The van der Waals surface area contributed by atoms with E-state index in [9.17, 15) is 0 Å². The number of hydrogen-bond acceptors (Lipinski definition) is 4. The van der Waals surface area contributed by atoms with Crippen molar-refractivity contribution < 1.29 is 9.47 Å². The van der Waals surface area contributed by atoms with Crippen LogP contribution in [0.15, 0.2) is 41.0 Å². The summed E-state index contributed by atoms with van der Waals surface area (Å²) in [5.74, 6) is 1.27. The molecule has 2 aromatic rings. The molecule has 0 saturated carbocycles. The van der Waals surface area contributed by atoms with Crippen LogP contribution in [0.2, 0.25) is 0 Å². The Balaban J connectivity index is 2.09. The van der Waals surface area contributed by atoms with Gasteiger partial charge in [0.2, 0.25) is 0 Å². The minimum atomic E-state index is 0.368. The monoisotopic (exact) mass is 308 g/mol. The molecular weight excluding hydrogens is 296 g/mol. The van der Waals surface area contributed by atoms with Crippen LogP contribution >= 0.6 is 15.9 Å². The number of pyridine rings is 1. The summed E-state index contributed by atoms with van der Waals surface area (Å²) in [4.78, 5) is 4.23. The molecule has 94 valence electrons. The van der Waals surface area contributed by atoms with Gasteiger partial charge < -0.3 is 15.2 Å². The first-order valence-corrected chi connectivity index (χ1v) is 6.15. The van der Waals surface area contributed by atoms with Gasteiger partial charge in [-0.05, 0) is 40.2 Å². The quantitative estimate of drug-likeness (QED) is 0.882. The molecule has 0 unspecified atom stereocenters. The van der Waals surface area contributed by atoms with Gasteiger partial charge in [0.25, 0.3) is 0 Å². The van der Waals surface area contributed by atoms with Crippen molar-refractivity contribution in [3.05, 3.63) is 46.7 Å². The lowest BCUT2D eigenvalue weighted by molar-refractivity contribution is 0.281. The molecule has 0 saturated heterocycles. The Kier molecular flexibility index (Phi) is 4.04. The van der Waals surface area contributed by atoms with Crippen LogP contribution in [-0.4, -0.2) is 12.1 Å². The van der Waals surface area contributed by atoms with Gasteiger partial charge in [-0.3, -0.25) is 4.98 Å². The van der Waals surface area contributed by atoms with Crippen LogP contribution in [0.5, 0.6) is 11.5 Å². The predicted octanol–water partition coefficient (Wildman–Crippen LogP) is 3.01. The fraction of sp³-hybridized carbons (Fsp3) is 0.154. The molecule has 0 atom stereocenters. The normalized spacial score (nSPS) is 10.1. The number of anilines is 1. The molecule has 0 aliphatic rings. The Morgan fingerprint density at radius 2 is 2.06 bits per heavy atom. The van der Waals surface area contributed by atoms with E-state index in [1.54, 1.807) is 31.5 Å². The number of nitrogens with zero attached hydrogens (tertiary/aromatic N) is 1. The smallest absolute Gasteiger partial charge is 0.163 e. The second-order valence-corrected chi connectivity index (χ2v) is 4.58. The molecule has 0 bridgehead atoms. The van der Waals surface area contributed by atoms with Gasteiger partial charge in [-0.25, -0.2) is 0 Å². The lowest BCUT2D eigenvalue weighted by Gasteiger charge is -2.10. The molecule has 0 aliphatic heterocycles. The van der Waals surface area contributed by atoms with Crippen molar-refractivity contribution in [2.45, 2.75) is 6.61 Å². The summed E-state index contributed by atoms with van der Waals surface area (Å²) in [5, 5.41) is 0. The summed E-state index contributed by atoms with van der Waals surface area (Å²) < 4.78 is 11.8. The average Bonchev–Trinajstić information content (AvgIpc) is 2.38. The van der Waals surface area contributed by atoms with Gasteiger partial charge in [0.1, 0.15) is 6.61 Å². The highest BCUT2D eigenvalue weighted by atomic mass is 79.9. The first kappa shape index (κ1) is 12.7. The van der Waals surface area contributed by atoms with E-state index < -0.39 is 0 Å². The lowest BCUT2D eigenvalue weighted by Crippen LogP contribution is -2.00. The van der Waals surface area contributed by atoms with Crippen molar-refractivity contribution in [2.75, 3.05) is 12.8 Å². The zero-order valence-electron chi connectivity index (χ0n) is 9.89. The first-order chi connectivity index (χ1) is 8.69. The van der Waals surface area contributed by atoms with Crippen molar-refractivity contribution in [1.29, 1.82) is 0 Å². The van der Waals surface area contributed by atoms with Gasteiger partial charge in [-0.1, -0.05) is 0 Å². The summed E-state index contributed by atoms with van der Waals surface area (Å²) in [5.41, 5.74) is 7.18. The molecule has 4 nitrogen and oxygen atoms in total. The molecule has 1 aromatic heterocycles.